The Kier molecular flexibility index (Phi) is 10.3. The molecule has 3 aromatic rings. The Hall–Kier alpha value is -2.79. The molecule has 0 saturated carbocycles. The van der Waals surface area contributed by atoms with Gasteiger partial charge in [-0.05, 0) is 49.6 Å². The highest BCUT2D eigenvalue weighted by molar-refractivity contribution is 8.26. The molecule has 2 aliphatic rings. The van der Waals surface area contributed by atoms with Crippen LogP contribution in [0.1, 0.15) is 70.3 Å². The predicted molar refractivity (Wildman–Crippen MR) is 175 cm³/mol. The Labute approximate surface area is 259 Å². The molecule has 0 radical (unpaired) electrons. The molecule has 2 aliphatic heterocycles. The number of carbonyl (C=O) groups excluding carboxylic acids is 1. The van der Waals surface area contributed by atoms with E-state index in [-0.39, 0.29) is 10.8 Å². The van der Waals surface area contributed by atoms with Crippen LogP contribution >= 0.6 is 24.0 Å². The summed E-state index contributed by atoms with van der Waals surface area (Å²) < 4.78 is 30.8. The molecule has 42 heavy (non-hydrogen) atoms. The first-order chi connectivity index (χ1) is 20.4. The van der Waals surface area contributed by atoms with Crippen LogP contribution in [0.25, 0.3) is 23.0 Å². The standard InChI is InChI=1S/C32H38N4O3S3/c1-2-3-4-5-6-13-21-35-31(37)29(41-32(35)40)23-26-24-36(27-16-9-7-10-17-27)33-30(26)25-15-14-18-28(22-25)42(38,39)34-19-11-8-12-20-34/h7,9-10,14-18,22-24H,2-6,8,11-13,19-21H2,1H3. The number of carbonyl (C=O) groups is 1. The number of benzene rings is 2. The molecule has 10 heteroatoms. The minimum Gasteiger partial charge on any atom is -0.293 e. The molecular weight excluding hydrogens is 585 g/mol. The molecule has 0 N–H and O–H groups in total. The van der Waals surface area contributed by atoms with Crippen LogP contribution in [0.2, 0.25) is 0 Å². The second-order valence-electron chi connectivity index (χ2n) is 10.8. The van der Waals surface area contributed by atoms with Crippen molar-refractivity contribution in [1.29, 1.82) is 0 Å². The average Bonchev–Trinajstić information content (AvgIpc) is 3.56. The quantitative estimate of drug-likeness (QED) is 0.120. The van der Waals surface area contributed by atoms with E-state index in [1.165, 1.54) is 37.4 Å². The smallest absolute Gasteiger partial charge is 0.266 e. The minimum absolute atomic E-state index is 0.0848. The number of unbranched alkanes of at least 4 members (excludes halogenated alkanes) is 5. The van der Waals surface area contributed by atoms with E-state index in [1.807, 2.05) is 48.7 Å². The van der Waals surface area contributed by atoms with Gasteiger partial charge in [0.05, 0.1) is 15.5 Å². The summed E-state index contributed by atoms with van der Waals surface area (Å²) in [6.07, 6.45) is 13.4. The molecule has 0 aliphatic carbocycles. The van der Waals surface area contributed by atoms with Gasteiger partial charge in [-0.25, -0.2) is 13.1 Å². The van der Waals surface area contributed by atoms with Crippen molar-refractivity contribution in [3.05, 3.63) is 71.3 Å². The van der Waals surface area contributed by atoms with Crippen LogP contribution in [0.4, 0.5) is 0 Å². The number of amides is 1. The maximum atomic E-state index is 13.5. The molecule has 1 amide bonds. The maximum Gasteiger partial charge on any atom is 0.266 e. The van der Waals surface area contributed by atoms with E-state index in [0.717, 1.165) is 43.4 Å². The molecule has 222 valence electrons. The lowest BCUT2D eigenvalue weighted by Crippen LogP contribution is -2.35. The lowest BCUT2D eigenvalue weighted by molar-refractivity contribution is -0.122. The van der Waals surface area contributed by atoms with Crippen LogP contribution in [-0.2, 0) is 14.8 Å². The second-order valence-corrected chi connectivity index (χ2v) is 14.4. The van der Waals surface area contributed by atoms with Crippen molar-refractivity contribution in [2.45, 2.75) is 69.6 Å². The van der Waals surface area contributed by atoms with Crippen LogP contribution in [0.15, 0.2) is 70.6 Å². The Morgan fingerprint density at radius 1 is 0.952 bits per heavy atom. The Balaban J connectivity index is 1.45. The van der Waals surface area contributed by atoms with Crippen molar-refractivity contribution in [3.63, 3.8) is 0 Å². The van der Waals surface area contributed by atoms with Crippen molar-refractivity contribution < 1.29 is 13.2 Å². The van der Waals surface area contributed by atoms with Gasteiger partial charge in [-0.3, -0.25) is 9.69 Å². The van der Waals surface area contributed by atoms with Gasteiger partial charge in [0, 0.05) is 37.0 Å². The second kappa shape index (κ2) is 14.1. The molecule has 1 aromatic heterocycles. The molecular formula is C32H38N4O3S3. The Bertz CT molecular complexity index is 1540. The molecule has 7 nitrogen and oxygen atoms in total. The van der Waals surface area contributed by atoms with Crippen LogP contribution in [0.3, 0.4) is 0 Å². The van der Waals surface area contributed by atoms with E-state index in [9.17, 15) is 13.2 Å². The fraction of sp³-hybridized carbons (Fsp3) is 0.406. The number of hydrogen-bond donors (Lipinski definition) is 0. The largest absolute Gasteiger partial charge is 0.293 e. The van der Waals surface area contributed by atoms with Crippen molar-refractivity contribution >= 4 is 50.3 Å². The summed E-state index contributed by atoms with van der Waals surface area (Å²) in [6, 6.07) is 16.7. The number of thiocarbonyl (C=S) groups is 1. The fourth-order valence-electron chi connectivity index (χ4n) is 5.37. The van der Waals surface area contributed by atoms with E-state index in [1.54, 1.807) is 32.1 Å². The number of rotatable bonds is 12. The molecule has 5 rings (SSSR count). The molecule has 0 bridgehead atoms. The molecule has 2 fully saturated rings. The summed E-state index contributed by atoms with van der Waals surface area (Å²) in [4.78, 5) is 15.9. The predicted octanol–water partition coefficient (Wildman–Crippen LogP) is 7.28. The zero-order chi connectivity index (χ0) is 29.5. The van der Waals surface area contributed by atoms with Crippen LogP contribution in [-0.4, -0.2) is 57.3 Å². The third-order valence-electron chi connectivity index (χ3n) is 7.72. The fourth-order valence-corrected chi connectivity index (χ4v) is 8.24. The monoisotopic (exact) mass is 622 g/mol. The average molecular weight is 623 g/mol. The normalized spacial score (nSPS) is 17.5. The number of hydrogen-bond acceptors (Lipinski definition) is 6. The van der Waals surface area contributed by atoms with Gasteiger partial charge in [-0.15, -0.1) is 0 Å². The lowest BCUT2D eigenvalue weighted by Gasteiger charge is -2.26. The Morgan fingerprint density at radius 2 is 1.69 bits per heavy atom. The molecule has 2 saturated heterocycles. The summed E-state index contributed by atoms with van der Waals surface area (Å²) in [5.74, 6) is -0.0848. The summed E-state index contributed by atoms with van der Waals surface area (Å²) >= 11 is 6.91. The minimum atomic E-state index is -3.61. The highest BCUT2D eigenvalue weighted by atomic mass is 32.2. The van der Waals surface area contributed by atoms with Crippen molar-refractivity contribution in [2.75, 3.05) is 19.6 Å². The van der Waals surface area contributed by atoms with Gasteiger partial charge in [-0.1, -0.05) is 99.8 Å². The van der Waals surface area contributed by atoms with Gasteiger partial charge in [0.1, 0.15) is 10.0 Å². The first-order valence-corrected chi connectivity index (χ1v) is 17.6. The van der Waals surface area contributed by atoms with Gasteiger partial charge < -0.3 is 0 Å². The number of nitrogens with zero attached hydrogens (tertiary/aromatic N) is 4. The maximum absolute atomic E-state index is 13.5. The zero-order valence-corrected chi connectivity index (χ0v) is 26.5. The Morgan fingerprint density at radius 3 is 2.45 bits per heavy atom. The summed E-state index contributed by atoms with van der Waals surface area (Å²) in [5.41, 5.74) is 2.88. The highest BCUT2D eigenvalue weighted by Gasteiger charge is 2.32. The van der Waals surface area contributed by atoms with Gasteiger partial charge >= 0.3 is 0 Å². The van der Waals surface area contributed by atoms with E-state index in [0.29, 0.717) is 40.1 Å². The molecule has 0 unspecified atom stereocenters. The molecule has 2 aromatic carbocycles. The summed E-state index contributed by atoms with van der Waals surface area (Å²) in [6.45, 7) is 3.92. The first kappa shape index (κ1) is 30.7. The number of para-hydroxylation sites is 1. The molecule has 3 heterocycles. The van der Waals surface area contributed by atoms with Crippen LogP contribution in [0, 0.1) is 0 Å². The van der Waals surface area contributed by atoms with Gasteiger partial charge in [0.2, 0.25) is 10.0 Å². The van der Waals surface area contributed by atoms with E-state index in [4.69, 9.17) is 17.3 Å². The number of piperidine rings is 1. The van der Waals surface area contributed by atoms with Crippen LogP contribution in [0.5, 0.6) is 0 Å². The topological polar surface area (TPSA) is 75.5 Å². The number of thioether (sulfide) groups is 1. The van der Waals surface area contributed by atoms with Crippen LogP contribution < -0.4 is 0 Å². The van der Waals surface area contributed by atoms with Gasteiger partial charge in [0.25, 0.3) is 5.91 Å². The van der Waals surface area contributed by atoms with Gasteiger partial charge in [0.15, 0.2) is 0 Å². The SMILES string of the molecule is CCCCCCCCN1C(=O)C(=Cc2cn(-c3ccccc3)nc2-c2cccc(S(=O)(=O)N3CCCCC3)c2)SC1=S. The summed E-state index contributed by atoms with van der Waals surface area (Å²) in [5, 5.41) is 4.87. The molecule has 0 atom stereocenters. The third kappa shape index (κ3) is 7.05. The molecule has 0 spiro atoms. The number of aromatic nitrogens is 2. The van der Waals surface area contributed by atoms with Gasteiger partial charge in [-0.2, -0.15) is 9.40 Å². The van der Waals surface area contributed by atoms with Crippen molar-refractivity contribution in [3.8, 4) is 16.9 Å². The lowest BCUT2D eigenvalue weighted by atomic mass is 10.1. The zero-order valence-electron chi connectivity index (χ0n) is 24.1. The van der Waals surface area contributed by atoms with E-state index < -0.39 is 10.0 Å². The van der Waals surface area contributed by atoms with Crippen molar-refractivity contribution in [2.24, 2.45) is 0 Å². The highest BCUT2D eigenvalue weighted by Crippen LogP contribution is 2.36. The third-order valence-corrected chi connectivity index (χ3v) is 11.0. The van der Waals surface area contributed by atoms with E-state index in [2.05, 4.69) is 6.92 Å². The van der Waals surface area contributed by atoms with E-state index >= 15 is 0 Å². The number of sulfonamides is 1. The first-order valence-electron chi connectivity index (χ1n) is 14.9. The summed E-state index contributed by atoms with van der Waals surface area (Å²) in [7, 11) is -3.61. The van der Waals surface area contributed by atoms with Crippen molar-refractivity contribution in [1.82, 2.24) is 19.0 Å².